The second-order valence-corrected chi connectivity index (χ2v) is 6.53. The van der Waals surface area contributed by atoms with Crippen LogP contribution >= 0.6 is 0 Å². The van der Waals surface area contributed by atoms with E-state index in [1.54, 1.807) is 0 Å². The highest BCUT2D eigenvalue weighted by Gasteiger charge is 2.60. The quantitative estimate of drug-likeness (QED) is 0.613. The summed E-state index contributed by atoms with van der Waals surface area (Å²) in [6, 6.07) is 0. The van der Waals surface area contributed by atoms with Crippen molar-refractivity contribution in [2.75, 3.05) is 0 Å². The molecule has 0 aromatic carbocycles. The summed E-state index contributed by atoms with van der Waals surface area (Å²) in [6.07, 6.45) is 5.02. The fraction of sp³-hybridized carbons (Fsp3) is 0.917. The first-order valence-corrected chi connectivity index (χ1v) is 6.46. The van der Waals surface area contributed by atoms with Crippen molar-refractivity contribution >= 4 is 5.97 Å². The fourth-order valence-electron chi connectivity index (χ4n) is 5.16. The maximum Gasteiger partial charge on any atom is 0.303 e. The lowest BCUT2D eigenvalue weighted by Gasteiger charge is -2.60. The van der Waals surface area contributed by atoms with Crippen LogP contribution in [0.2, 0.25) is 0 Å². The highest BCUT2D eigenvalue weighted by atomic mass is 17.0. The van der Waals surface area contributed by atoms with Crippen LogP contribution in [0.1, 0.15) is 44.9 Å². The van der Waals surface area contributed by atoms with Crippen LogP contribution in [0.15, 0.2) is 0 Å². The van der Waals surface area contributed by atoms with Crippen molar-refractivity contribution < 1.29 is 19.8 Å². The van der Waals surface area contributed by atoms with Gasteiger partial charge < -0.3 is 9.94 Å². The summed E-state index contributed by atoms with van der Waals surface area (Å²) in [5.74, 6) is 0.0179. The van der Waals surface area contributed by atoms with Gasteiger partial charge in [-0.2, -0.15) is 0 Å². The molecule has 4 saturated carbocycles. The number of hydrogen-bond acceptors (Lipinski definition) is 4. The summed E-state index contributed by atoms with van der Waals surface area (Å²) in [7, 11) is 0. The maximum atomic E-state index is 11.0. The van der Waals surface area contributed by atoms with Crippen molar-refractivity contribution in [3.8, 4) is 0 Å². The lowest BCUT2D eigenvalue weighted by atomic mass is 9.47. The molecule has 4 aliphatic rings. The Balaban J connectivity index is 1.87. The molecule has 4 aliphatic carbocycles. The van der Waals surface area contributed by atoms with Crippen molar-refractivity contribution in [1.82, 2.24) is 0 Å². The van der Waals surface area contributed by atoms with Gasteiger partial charge in [0.25, 0.3) is 5.09 Å². The highest BCUT2D eigenvalue weighted by Crippen LogP contribution is 2.63. The topological polar surface area (TPSA) is 89.7 Å². The molecule has 0 saturated heterocycles. The molecule has 4 rings (SSSR count). The fourth-order valence-corrected chi connectivity index (χ4v) is 5.16. The molecule has 0 radical (unpaired) electrons. The van der Waals surface area contributed by atoms with Crippen molar-refractivity contribution in [2.24, 2.45) is 17.3 Å². The third kappa shape index (κ3) is 1.83. The average molecular weight is 255 g/mol. The molecule has 6 nitrogen and oxygen atoms in total. The number of nitrogens with zero attached hydrogens (tertiary/aromatic N) is 1. The third-order valence-corrected chi connectivity index (χ3v) is 4.92. The largest absolute Gasteiger partial charge is 0.481 e. The Morgan fingerprint density at radius 2 is 1.94 bits per heavy atom. The number of aliphatic carboxylic acids is 1. The van der Waals surface area contributed by atoms with Crippen LogP contribution in [0.25, 0.3) is 0 Å². The smallest absolute Gasteiger partial charge is 0.303 e. The summed E-state index contributed by atoms with van der Waals surface area (Å²) in [5, 5.41) is 19.0. The van der Waals surface area contributed by atoms with Gasteiger partial charge in [0.15, 0.2) is 0 Å². The number of hydrogen-bond donors (Lipinski definition) is 1. The average Bonchev–Trinajstić information content (AvgIpc) is 2.08. The molecule has 0 heterocycles. The standard InChI is InChI=1S/C12H17NO5/c14-10(15)6-11-2-8-1-9(3-11)5-12(4-8,7-11)18-13(16)17/h8-9H,1-7H2,(H,14,15). The zero-order chi connectivity index (χ0) is 13.0. The van der Waals surface area contributed by atoms with Crippen LogP contribution in [-0.2, 0) is 9.63 Å². The molecule has 0 aromatic heterocycles. The Kier molecular flexibility index (Phi) is 2.34. The van der Waals surface area contributed by atoms with Gasteiger partial charge in [-0.3, -0.25) is 4.79 Å². The minimum atomic E-state index is -0.798. The van der Waals surface area contributed by atoms with Gasteiger partial charge in [-0.25, -0.2) is 0 Å². The van der Waals surface area contributed by atoms with E-state index in [0.29, 0.717) is 18.3 Å². The Bertz CT molecular complexity index is 359. The van der Waals surface area contributed by atoms with Gasteiger partial charge in [0, 0.05) is 0 Å². The second kappa shape index (κ2) is 3.59. The lowest BCUT2D eigenvalue weighted by Crippen LogP contribution is -2.57. The van der Waals surface area contributed by atoms with E-state index in [4.69, 9.17) is 9.94 Å². The molecular weight excluding hydrogens is 238 g/mol. The summed E-state index contributed by atoms with van der Waals surface area (Å²) in [4.78, 5) is 26.7. The second-order valence-electron chi connectivity index (χ2n) is 6.53. The van der Waals surface area contributed by atoms with E-state index in [-0.39, 0.29) is 11.8 Å². The molecule has 0 spiro atoms. The molecule has 1 N–H and O–H groups in total. The van der Waals surface area contributed by atoms with Gasteiger partial charge in [-0.1, -0.05) is 0 Å². The summed E-state index contributed by atoms with van der Waals surface area (Å²) < 4.78 is 0. The Labute approximate surface area is 104 Å². The molecule has 18 heavy (non-hydrogen) atoms. The first-order valence-electron chi connectivity index (χ1n) is 6.46. The normalized spacial score (nSPS) is 44.9. The van der Waals surface area contributed by atoms with Crippen LogP contribution in [0.4, 0.5) is 0 Å². The predicted octanol–water partition coefficient (Wildman–Crippen LogP) is 2.01. The SMILES string of the molecule is O=C(O)CC12CC3CC(C1)CC(O[N+](=O)[O-])(C3)C2. The van der Waals surface area contributed by atoms with E-state index < -0.39 is 16.7 Å². The predicted molar refractivity (Wildman–Crippen MR) is 60.2 cm³/mol. The molecule has 4 fully saturated rings. The van der Waals surface area contributed by atoms with Crippen molar-refractivity contribution in [3.05, 3.63) is 10.1 Å². The van der Waals surface area contributed by atoms with E-state index in [2.05, 4.69) is 0 Å². The van der Waals surface area contributed by atoms with Gasteiger partial charge in [0.2, 0.25) is 0 Å². The zero-order valence-corrected chi connectivity index (χ0v) is 10.1. The molecular formula is C12H17NO5. The van der Waals surface area contributed by atoms with Gasteiger partial charge >= 0.3 is 5.97 Å². The monoisotopic (exact) mass is 255 g/mol. The van der Waals surface area contributed by atoms with Gasteiger partial charge in [-0.05, 0) is 55.8 Å². The number of rotatable bonds is 4. The summed E-state index contributed by atoms with van der Waals surface area (Å²) >= 11 is 0. The van der Waals surface area contributed by atoms with Crippen LogP contribution < -0.4 is 0 Å². The molecule has 2 unspecified atom stereocenters. The molecule has 0 amide bonds. The molecule has 0 aromatic rings. The van der Waals surface area contributed by atoms with E-state index >= 15 is 0 Å². The van der Waals surface area contributed by atoms with E-state index in [0.717, 1.165) is 32.1 Å². The number of carboxylic acid groups (broad SMARTS) is 1. The first-order chi connectivity index (χ1) is 8.40. The number of carboxylic acids is 1. The molecule has 6 heteroatoms. The molecule has 4 bridgehead atoms. The van der Waals surface area contributed by atoms with Gasteiger partial charge in [-0.15, -0.1) is 10.1 Å². The molecule has 100 valence electrons. The number of carbonyl (C=O) groups is 1. The molecule has 2 atom stereocenters. The highest BCUT2D eigenvalue weighted by molar-refractivity contribution is 5.67. The van der Waals surface area contributed by atoms with Crippen molar-refractivity contribution in [2.45, 2.75) is 50.5 Å². The zero-order valence-electron chi connectivity index (χ0n) is 10.1. The lowest BCUT2D eigenvalue weighted by molar-refractivity contribution is -0.785. The first kappa shape index (κ1) is 11.7. The van der Waals surface area contributed by atoms with Gasteiger partial charge in [0.1, 0.15) is 5.60 Å². The minimum Gasteiger partial charge on any atom is -0.481 e. The van der Waals surface area contributed by atoms with Crippen LogP contribution in [0.3, 0.4) is 0 Å². The van der Waals surface area contributed by atoms with Crippen molar-refractivity contribution in [1.29, 1.82) is 0 Å². The Morgan fingerprint density at radius 3 is 2.44 bits per heavy atom. The van der Waals surface area contributed by atoms with Gasteiger partial charge in [0.05, 0.1) is 6.42 Å². The Morgan fingerprint density at radius 1 is 1.33 bits per heavy atom. The van der Waals surface area contributed by atoms with Crippen LogP contribution in [0, 0.1) is 27.4 Å². The summed E-state index contributed by atoms with van der Waals surface area (Å²) in [5.41, 5.74) is -0.949. The molecule has 0 aliphatic heterocycles. The summed E-state index contributed by atoms with van der Waals surface area (Å²) in [6.45, 7) is 0. The maximum absolute atomic E-state index is 11.0. The third-order valence-electron chi connectivity index (χ3n) is 4.92. The van der Waals surface area contributed by atoms with Crippen molar-refractivity contribution in [3.63, 3.8) is 0 Å². The minimum absolute atomic E-state index is 0.128. The Hall–Kier alpha value is -1.33. The van der Waals surface area contributed by atoms with Crippen LogP contribution in [-0.4, -0.2) is 21.8 Å². The van der Waals surface area contributed by atoms with Crippen LogP contribution in [0.5, 0.6) is 0 Å². The van der Waals surface area contributed by atoms with E-state index in [1.165, 1.54) is 0 Å². The van der Waals surface area contributed by atoms with E-state index in [9.17, 15) is 14.9 Å². The van der Waals surface area contributed by atoms with E-state index in [1.807, 2.05) is 0 Å².